The second-order valence-corrected chi connectivity index (χ2v) is 4.12. The second-order valence-electron chi connectivity index (χ2n) is 4.12. The summed E-state index contributed by atoms with van der Waals surface area (Å²) in [6.07, 6.45) is 1.82. The van der Waals surface area contributed by atoms with E-state index in [1.165, 1.54) is 5.56 Å². The van der Waals surface area contributed by atoms with Gasteiger partial charge < -0.3 is 4.74 Å². The Morgan fingerprint density at radius 1 is 1.11 bits per heavy atom. The number of fused-ring (bicyclic) bond motifs is 1. The number of hydrogen-bond acceptors (Lipinski definition) is 3. The molecule has 0 aliphatic carbocycles. The van der Waals surface area contributed by atoms with Crippen LogP contribution in [-0.2, 0) is 0 Å². The van der Waals surface area contributed by atoms with E-state index in [4.69, 9.17) is 4.74 Å². The number of ether oxygens (including phenoxy) is 1. The number of rotatable bonds is 2. The van der Waals surface area contributed by atoms with Crippen molar-refractivity contribution in [2.45, 2.75) is 6.92 Å². The lowest BCUT2D eigenvalue weighted by molar-refractivity contribution is 0.411. The molecule has 3 rings (SSSR count). The SMILES string of the molecule is COc1ccc2nc(-c3ccccc3C)nn2c1. The zero-order valence-corrected chi connectivity index (χ0v) is 10.3. The lowest BCUT2D eigenvalue weighted by Crippen LogP contribution is -1.90. The molecule has 0 saturated carbocycles. The third-order valence-electron chi connectivity index (χ3n) is 2.93. The monoisotopic (exact) mass is 239 g/mol. The highest BCUT2D eigenvalue weighted by molar-refractivity contribution is 5.62. The van der Waals surface area contributed by atoms with Crippen molar-refractivity contribution >= 4 is 5.65 Å². The van der Waals surface area contributed by atoms with E-state index in [9.17, 15) is 0 Å². The van der Waals surface area contributed by atoms with Gasteiger partial charge in [0.1, 0.15) is 5.75 Å². The van der Waals surface area contributed by atoms with Gasteiger partial charge in [0.25, 0.3) is 0 Å². The number of nitrogens with zero attached hydrogens (tertiary/aromatic N) is 3. The summed E-state index contributed by atoms with van der Waals surface area (Å²) in [7, 11) is 1.64. The minimum atomic E-state index is 0.737. The predicted molar refractivity (Wildman–Crippen MR) is 69.7 cm³/mol. The van der Waals surface area contributed by atoms with Crippen molar-refractivity contribution in [2.24, 2.45) is 0 Å². The van der Waals surface area contributed by atoms with Crippen molar-refractivity contribution < 1.29 is 4.74 Å². The maximum atomic E-state index is 5.17. The van der Waals surface area contributed by atoms with Gasteiger partial charge in [-0.25, -0.2) is 9.50 Å². The largest absolute Gasteiger partial charge is 0.495 e. The summed E-state index contributed by atoms with van der Waals surface area (Å²) in [6, 6.07) is 11.9. The van der Waals surface area contributed by atoms with Crippen molar-refractivity contribution in [3.05, 3.63) is 48.2 Å². The second kappa shape index (κ2) is 4.14. The van der Waals surface area contributed by atoms with Gasteiger partial charge in [0, 0.05) is 5.56 Å². The summed E-state index contributed by atoms with van der Waals surface area (Å²) in [6.45, 7) is 2.06. The van der Waals surface area contributed by atoms with Gasteiger partial charge in [0.2, 0.25) is 0 Å². The van der Waals surface area contributed by atoms with Crippen molar-refractivity contribution in [1.82, 2.24) is 14.6 Å². The molecule has 0 amide bonds. The highest BCUT2D eigenvalue weighted by Gasteiger charge is 2.08. The molecule has 0 aliphatic heterocycles. The number of methoxy groups -OCH3 is 1. The van der Waals surface area contributed by atoms with Crippen LogP contribution in [0.25, 0.3) is 17.0 Å². The highest BCUT2D eigenvalue weighted by Crippen LogP contribution is 2.21. The molecule has 0 bridgehead atoms. The minimum absolute atomic E-state index is 0.737. The van der Waals surface area contributed by atoms with Gasteiger partial charge in [-0.1, -0.05) is 24.3 Å². The average molecular weight is 239 g/mol. The molecule has 0 unspecified atom stereocenters. The quantitative estimate of drug-likeness (QED) is 0.690. The van der Waals surface area contributed by atoms with Gasteiger partial charge in [0.15, 0.2) is 11.5 Å². The van der Waals surface area contributed by atoms with Crippen LogP contribution in [0.15, 0.2) is 42.6 Å². The smallest absolute Gasteiger partial charge is 0.182 e. The number of aromatic nitrogens is 3. The number of benzene rings is 1. The molecule has 2 heterocycles. The number of pyridine rings is 1. The standard InChI is InChI=1S/C14H13N3O/c1-10-5-3-4-6-12(10)14-15-13-8-7-11(18-2)9-17(13)16-14/h3-9H,1-2H3. The van der Waals surface area contributed by atoms with E-state index in [0.29, 0.717) is 0 Å². The summed E-state index contributed by atoms with van der Waals surface area (Å²) >= 11 is 0. The molecular weight excluding hydrogens is 226 g/mol. The van der Waals surface area contributed by atoms with E-state index in [1.807, 2.05) is 36.5 Å². The third kappa shape index (κ3) is 1.72. The van der Waals surface area contributed by atoms with E-state index < -0.39 is 0 Å². The zero-order valence-electron chi connectivity index (χ0n) is 10.3. The van der Waals surface area contributed by atoms with E-state index in [0.717, 1.165) is 22.8 Å². The molecule has 4 heteroatoms. The first-order chi connectivity index (χ1) is 8.78. The summed E-state index contributed by atoms with van der Waals surface area (Å²) in [5, 5.41) is 4.48. The van der Waals surface area contributed by atoms with Crippen molar-refractivity contribution in [3.63, 3.8) is 0 Å². The van der Waals surface area contributed by atoms with E-state index in [1.54, 1.807) is 11.6 Å². The predicted octanol–water partition coefficient (Wildman–Crippen LogP) is 2.71. The summed E-state index contributed by atoms with van der Waals surface area (Å²) in [4.78, 5) is 4.52. The topological polar surface area (TPSA) is 39.4 Å². The Morgan fingerprint density at radius 3 is 2.72 bits per heavy atom. The van der Waals surface area contributed by atoms with Gasteiger partial charge in [-0.05, 0) is 24.6 Å². The lowest BCUT2D eigenvalue weighted by atomic mass is 10.1. The maximum absolute atomic E-state index is 5.17. The van der Waals surface area contributed by atoms with Crippen LogP contribution < -0.4 is 4.74 Å². The molecule has 3 aromatic rings. The van der Waals surface area contributed by atoms with Gasteiger partial charge in [-0.15, -0.1) is 5.10 Å². The summed E-state index contributed by atoms with van der Waals surface area (Å²) in [5.41, 5.74) is 3.04. The van der Waals surface area contributed by atoms with Gasteiger partial charge in [-0.3, -0.25) is 0 Å². The van der Waals surface area contributed by atoms with E-state index >= 15 is 0 Å². The molecule has 0 spiro atoms. The molecule has 18 heavy (non-hydrogen) atoms. The molecule has 2 aromatic heterocycles. The molecule has 4 nitrogen and oxygen atoms in total. The fraction of sp³-hybridized carbons (Fsp3) is 0.143. The molecular formula is C14H13N3O. The van der Waals surface area contributed by atoms with Crippen LogP contribution in [0, 0.1) is 6.92 Å². The van der Waals surface area contributed by atoms with Crippen LogP contribution in [0.3, 0.4) is 0 Å². The first kappa shape index (κ1) is 10.8. The molecule has 90 valence electrons. The summed E-state index contributed by atoms with van der Waals surface area (Å²) < 4.78 is 6.91. The molecule has 0 aliphatic rings. The van der Waals surface area contributed by atoms with Crippen LogP contribution in [0.4, 0.5) is 0 Å². The maximum Gasteiger partial charge on any atom is 0.182 e. The first-order valence-corrected chi connectivity index (χ1v) is 5.74. The van der Waals surface area contributed by atoms with Crippen molar-refractivity contribution in [3.8, 4) is 17.1 Å². The third-order valence-corrected chi connectivity index (χ3v) is 2.93. The van der Waals surface area contributed by atoms with E-state index in [2.05, 4.69) is 23.1 Å². The Hall–Kier alpha value is -2.36. The highest BCUT2D eigenvalue weighted by atomic mass is 16.5. The Bertz CT molecular complexity index is 703. The minimum Gasteiger partial charge on any atom is -0.495 e. The summed E-state index contributed by atoms with van der Waals surface area (Å²) in [5.74, 6) is 1.50. The molecule has 0 atom stereocenters. The number of aryl methyl sites for hydroxylation is 1. The fourth-order valence-electron chi connectivity index (χ4n) is 1.92. The van der Waals surface area contributed by atoms with Crippen LogP contribution >= 0.6 is 0 Å². The molecule has 0 saturated heterocycles. The normalized spacial score (nSPS) is 10.8. The van der Waals surface area contributed by atoms with Gasteiger partial charge in [0.05, 0.1) is 13.3 Å². The molecule has 1 aromatic carbocycles. The van der Waals surface area contributed by atoms with Gasteiger partial charge >= 0.3 is 0 Å². The fourth-order valence-corrected chi connectivity index (χ4v) is 1.92. The van der Waals surface area contributed by atoms with Gasteiger partial charge in [-0.2, -0.15) is 0 Å². The Balaban J connectivity index is 2.17. The first-order valence-electron chi connectivity index (χ1n) is 5.74. The average Bonchev–Trinajstić information content (AvgIpc) is 2.81. The van der Waals surface area contributed by atoms with E-state index in [-0.39, 0.29) is 0 Å². The molecule has 0 N–H and O–H groups in total. The molecule has 0 fully saturated rings. The van der Waals surface area contributed by atoms with Crippen LogP contribution in [-0.4, -0.2) is 21.7 Å². The Labute approximate surface area is 105 Å². The Kier molecular flexibility index (Phi) is 2.48. The van der Waals surface area contributed by atoms with Crippen molar-refractivity contribution in [2.75, 3.05) is 7.11 Å². The molecule has 0 radical (unpaired) electrons. The van der Waals surface area contributed by atoms with Crippen LogP contribution in [0.1, 0.15) is 5.56 Å². The lowest BCUT2D eigenvalue weighted by Gasteiger charge is -1.98. The number of hydrogen-bond donors (Lipinski definition) is 0. The Morgan fingerprint density at radius 2 is 1.94 bits per heavy atom. The van der Waals surface area contributed by atoms with Crippen molar-refractivity contribution in [1.29, 1.82) is 0 Å². The van der Waals surface area contributed by atoms with Crippen LogP contribution in [0.2, 0.25) is 0 Å². The zero-order chi connectivity index (χ0) is 12.5. The van der Waals surface area contributed by atoms with Crippen LogP contribution in [0.5, 0.6) is 5.75 Å².